The molecule has 0 spiro atoms. The van der Waals surface area contributed by atoms with E-state index in [0.717, 1.165) is 49.8 Å². The summed E-state index contributed by atoms with van der Waals surface area (Å²) in [7, 11) is 0. The lowest BCUT2D eigenvalue weighted by Crippen LogP contribution is -2.44. The van der Waals surface area contributed by atoms with Gasteiger partial charge in [-0.15, -0.1) is 0 Å². The molecule has 0 radical (unpaired) electrons. The van der Waals surface area contributed by atoms with Crippen molar-refractivity contribution in [2.24, 2.45) is 4.99 Å². The Labute approximate surface area is 186 Å². The van der Waals surface area contributed by atoms with E-state index in [1.807, 2.05) is 18.2 Å². The zero-order valence-electron chi connectivity index (χ0n) is 17.7. The third-order valence-electron chi connectivity index (χ3n) is 5.57. The van der Waals surface area contributed by atoms with Gasteiger partial charge in [-0.25, -0.2) is 0 Å². The second-order valence-electron chi connectivity index (χ2n) is 8.17. The number of anilines is 2. The number of rotatable bonds is 4. The molecule has 8 heteroatoms. The zero-order chi connectivity index (χ0) is 21.4. The maximum Gasteiger partial charge on any atom is 0.325 e. The monoisotopic (exact) mass is 436 g/mol. The lowest BCUT2D eigenvalue weighted by atomic mass is 10.1. The number of benzene rings is 1. The molecule has 1 aromatic heterocycles. The van der Waals surface area contributed by atoms with Gasteiger partial charge in [-0.1, -0.05) is 29.3 Å². The molecule has 1 saturated heterocycles. The van der Waals surface area contributed by atoms with Gasteiger partial charge in [0.05, 0.1) is 11.6 Å². The van der Waals surface area contributed by atoms with Crippen LogP contribution in [-0.4, -0.2) is 48.5 Å². The molecule has 0 saturated carbocycles. The smallest absolute Gasteiger partial charge is 0.325 e. The van der Waals surface area contributed by atoms with Crippen LogP contribution in [0.1, 0.15) is 25.0 Å². The summed E-state index contributed by atoms with van der Waals surface area (Å²) in [6, 6.07) is 6.16. The van der Waals surface area contributed by atoms with Crippen molar-refractivity contribution in [1.29, 1.82) is 0 Å². The number of fused-ring (bicyclic) bond motifs is 1. The number of hydrogen-bond acceptors (Lipinski definition) is 7. The second-order valence-corrected chi connectivity index (χ2v) is 8.55. The largest absolute Gasteiger partial charge is 0.423 e. The molecule has 160 valence electrons. The van der Waals surface area contributed by atoms with E-state index < -0.39 is 0 Å². The first-order valence-electron chi connectivity index (χ1n) is 10.5. The highest BCUT2D eigenvalue weighted by atomic mass is 35.5. The van der Waals surface area contributed by atoms with Gasteiger partial charge in [0.15, 0.2) is 0 Å². The first-order valence-corrected chi connectivity index (χ1v) is 10.9. The van der Waals surface area contributed by atoms with Crippen molar-refractivity contribution in [3.05, 3.63) is 51.6 Å². The van der Waals surface area contributed by atoms with Crippen molar-refractivity contribution >= 4 is 35.1 Å². The van der Waals surface area contributed by atoms with Gasteiger partial charge in [0.25, 0.3) is 0 Å². The van der Waals surface area contributed by atoms with Gasteiger partial charge in [0, 0.05) is 37.8 Å². The van der Waals surface area contributed by atoms with Gasteiger partial charge in [-0.2, -0.15) is 9.97 Å². The molecule has 0 bridgehead atoms. The van der Waals surface area contributed by atoms with E-state index in [1.165, 1.54) is 16.7 Å². The second kappa shape index (κ2) is 8.32. The van der Waals surface area contributed by atoms with Gasteiger partial charge in [-0.3, -0.25) is 4.99 Å². The summed E-state index contributed by atoms with van der Waals surface area (Å²) >= 11 is 6.66. The quantitative estimate of drug-likeness (QED) is 0.752. The van der Waals surface area contributed by atoms with Crippen LogP contribution in [0, 0.1) is 0 Å². The number of halogens is 1. The molecule has 0 atom stereocenters. The van der Waals surface area contributed by atoms with Gasteiger partial charge in [-0.05, 0) is 43.5 Å². The molecule has 1 fully saturated rings. The molecule has 2 aromatic rings. The Morgan fingerprint density at radius 3 is 2.71 bits per heavy atom. The lowest BCUT2D eigenvalue weighted by molar-refractivity contribution is 0.441. The normalized spacial score (nSPS) is 17.8. The van der Waals surface area contributed by atoms with E-state index in [4.69, 9.17) is 16.3 Å². The zero-order valence-corrected chi connectivity index (χ0v) is 18.5. The molecule has 7 nitrogen and oxygen atoms in total. The lowest BCUT2D eigenvalue weighted by Gasteiger charge is -2.28. The predicted molar refractivity (Wildman–Crippen MR) is 126 cm³/mol. The molecule has 3 heterocycles. The maximum absolute atomic E-state index is 6.66. The van der Waals surface area contributed by atoms with Crippen LogP contribution in [0.4, 0.5) is 11.6 Å². The number of nitrogens with one attached hydrogen (secondary N) is 2. The van der Waals surface area contributed by atoms with Gasteiger partial charge < -0.3 is 20.3 Å². The van der Waals surface area contributed by atoms with Crippen LogP contribution in [0.3, 0.4) is 0 Å². The fourth-order valence-electron chi connectivity index (χ4n) is 4.02. The number of nitrogens with zero attached hydrogens (tertiary/aromatic N) is 4. The first kappa shape index (κ1) is 20.0. The van der Waals surface area contributed by atoms with Crippen molar-refractivity contribution < 1.29 is 4.74 Å². The molecule has 31 heavy (non-hydrogen) atoms. The number of piperazine rings is 1. The minimum Gasteiger partial charge on any atom is -0.423 e. The van der Waals surface area contributed by atoms with Crippen molar-refractivity contribution in [2.45, 2.75) is 20.3 Å². The average molecular weight is 437 g/mol. The third-order valence-corrected chi connectivity index (χ3v) is 5.96. The molecule has 2 N–H and O–H groups in total. The highest BCUT2D eigenvalue weighted by Crippen LogP contribution is 2.38. The molecule has 0 unspecified atom stereocenters. The number of aliphatic imine (C=N–C) groups is 1. The summed E-state index contributed by atoms with van der Waals surface area (Å²) < 4.78 is 6.11. The summed E-state index contributed by atoms with van der Waals surface area (Å²) in [5.41, 5.74) is 4.74. The van der Waals surface area contributed by atoms with E-state index in [0.29, 0.717) is 23.1 Å². The van der Waals surface area contributed by atoms with Crippen LogP contribution in [0.25, 0.3) is 6.08 Å². The Hall–Kier alpha value is -2.90. The molecule has 3 aliphatic rings. The van der Waals surface area contributed by atoms with Gasteiger partial charge >= 0.3 is 6.01 Å². The van der Waals surface area contributed by atoms with E-state index in [2.05, 4.69) is 56.5 Å². The average Bonchev–Trinajstić information content (AvgIpc) is 3.35. The molecular formula is C23H25ClN6O. The SMILES string of the molecule is CC1=CC(Nc2cc(N3CCNCC3)nc(Oc3ccc4c(c3Cl)C=C(C)C4)n2)=NC1. The molecular weight excluding hydrogens is 412 g/mol. The molecule has 5 rings (SSSR count). The van der Waals surface area contributed by atoms with Crippen LogP contribution in [0.5, 0.6) is 11.8 Å². The predicted octanol–water partition coefficient (Wildman–Crippen LogP) is 4.06. The van der Waals surface area contributed by atoms with Crippen LogP contribution >= 0.6 is 11.6 Å². The summed E-state index contributed by atoms with van der Waals surface area (Å²) in [6.07, 6.45) is 5.06. The highest BCUT2D eigenvalue weighted by Gasteiger charge is 2.20. The van der Waals surface area contributed by atoms with Gasteiger partial charge in [0.2, 0.25) is 0 Å². The molecule has 0 amide bonds. The Morgan fingerprint density at radius 1 is 1.10 bits per heavy atom. The fourth-order valence-corrected chi connectivity index (χ4v) is 4.30. The standard InChI is InChI=1S/C23H25ClN6O/c1-14-9-16-3-4-18(22(24)17(16)10-14)31-23-28-20(27-19-11-15(2)13-26-19)12-21(29-23)30-7-5-25-6-8-30/h3-4,10-12,25H,5-9,13H2,1-2H3,(H,26,27,28,29). The Kier molecular flexibility index (Phi) is 5.38. The van der Waals surface area contributed by atoms with E-state index in [-0.39, 0.29) is 6.01 Å². The first-order chi connectivity index (χ1) is 15.0. The number of allylic oxidation sites excluding steroid dienone is 1. The van der Waals surface area contributed by atoms with Crippen molar-refractivity contribution in [2.75, 3.05) is 42.9 Å². The summed E-state index contributed by atoms with van der Waals surface area (Å²) in [6.45, 7) is 8.46. The molecule has 1 aromatic carbocycles. The van der Waals surface area contributed by atoms with Crippen molar-refractivity contribution in [3.8, 4) is 11.8 Å². The van der Waals surface area contributed by atoms with Crippen molar-refractivity contribution in [3.63, 3.8) is 0 Å². The van der Waals surface area contributed by atoms with Crippen LogP contribution < -0.4 is 20.3 Å². The summed E-state index contributed by atoms with van der Waals surface area (Å²) in [4.78, 5) is 16.0. The minimum absolute atomic E-state index is 0.262. The maximum atomic E-state index is 6.66. The topological polar surface area (TPSA) is 74.7 Å². The molecule has 1 aliphatic carbocycles. The Balaban J connectivity index is 1.47. The number of aromatic nitrogens is 2. The van der Waals surface area contributed by atoms with E-state index >= 15 is 0 Å². The fraction of sp³-hybridized carbons (Fsp3) is 0.348. The number of amidine groups is 1. The minimum atomic E-state index is 0.262. The van der Waals surface area contributed by atoms with E-state index in [9.17, 15) is 0 Å². The van der Waals surface area contributed by atoms with Crippen molar-refractivity contribution in [1.82, 2.24) is 15.3 Å². The van der Waals surface area contributed by atoms with Crippen LogP contribution in [0.15, 0.2) is 40.4 Å². The Morgan fingerprint density at radius 2 is 1.94 bits per heavy atom. The van der Waals surface area contributed by atoms with E-state index in [1.54, 1.807) is 0 Å². The number of hydrogen-bond donors (Lipinski definition) is 2. The number of ether oxygens (including phenoxy) is 1. The third kappa shape index (κ3) is 4.29. The Bertz CT molecular complexity index is 1120. The van der Waals surface area contributed by atoms with Crippen LogP contribution in [0.2, 0.25) is 5.02 Å². The summed E-state index contributed by atoms with van der Waals surface area (Å²) in [5.74, 6) is 2.82. The highest BCUT2D eigenvalue weighted by molar-refractivity contribution is 6.33. The summed E-state index contributed by atoms with van der Waals surface area (Å²) in [5, 5.41) is 7.26. The van der Waals surface area contributed by atoms with Crippen LogP contribution in [-0.2, 0) is 6.42 Å². The molecule has 2 aliphatic heterocycles. The van der Waals surface area contributed by atoms with Gasteiger partial charge in [0.1, 0.15) is 23.2 Å².